The first-order valence-corrected chi connectivity index (χ1v) is 7.42. The minimum Gasteiger partial charge on any atom is -0.496 e. The third-order valence-corrected chi connectivity index (χ3v) is 3.81. The third kappa shape index (κ3) is 3.01. The summed E-state index contributed by atoms with van der Waals surface area (Å²) in [4.78, 5) is 18.8. The van der Waals surface area contributed by atoms with Crippen LogP contribution < -0.4 is 4.74 Å². The van der Waals surface area contributed by atoms with Crippen molar-refractivity contribution < 1.29 is 9.53 Å². The van der Waals surface area contributed by atoms with Gasteiger partial charge in [-0.2, -0.15) is 0 Å². The summed E-state index contributed by atoms with van der Waals surface area (Å²) >= 11 is 0. The van der Waals surface area contributed by atoms with Crippen LogP contribution in [0.5, 0.6) is 5.75 Å². The number of fused-ring (bicyclic) bond motifs is 1. The number of carbonyl (C=O) groups excluding carboxylic acids is 1. The Morgan fingerprint density at radius 3 is 2.70 bits per heavy atom. The normalized spacial score (nSPS) is 10.5. The topological polar surface area (TPSA) is 42.4 Å². The molecule has 0 saturated carbocycles. The molecule has 0 aliphatic rings. The highest BCUT2D eigenvalue weighted by Crippen LogP contribution is 2.21. The van der Waals surface area contributed by atoms with E-state index in [0.717, 1.165) is 22.2 Å². The molecule has 0 spiro atoms. The fraction of sp³-hybridized carbons (Fsp3) is 0.158. The van der Waals surface area contributed by atoms with Crippen molar-refractivity contribution in [2.24, 2.45) is 0 Å². The van der Waals surface area contributed by atoms with Crippen molar-refractivity contribution in [2.45, 2.75) is 6.54 Å². The Balaban J connectivity index is 1.90. The van der Waals surface area contributed by atoms with E-state index in [9.17, 15) is 4.79 Å². The number of pyridine rings is 1. The molecule has 4 heteroatoms. The Labute approximate surface area is 135 Å². The van der Waals surface area contributed by atoms with Gasteiger partial charge in [-0.3, -0.25) is 9.78 Å². The molecule has 1 aromatic heterocycles. The number of carbonyl (C=O) groups is 1. The van der Waals surface area contributed by atoms with Crippen molar-refractivity contribution >= 4 is 16.8 Å². The van der Waals surface area contributed by atoms with Crippen LogP contribution in [-0.4, -0.2) is 29.9 Å². The number of rotatable bonds is 4. The van der Waals surface area contributed by atoms with Crippen molar-refractivity contribution in [3.8, 4) is 5.75 Å². The first-order valence-electron chi connectivity index (χ1n) is 7.42. The predicted molar refractivity (Wildman–Crippen MR) is 90.5 cm³/mol. The lowest BCUT2D eigenvalue weighted by atomic mass is 10.1. The van der Waals surface area contributed by atoms with Gasteiger partial charge in [-0.25, -0.2) is 0 Å². The second-order valence-electron chi connectivity index (χ2n) is 5.35. The summed E-state index contributed by atoms with van der Waals surface area (Å²) in [5.41, 5.74) is 2.31. The van der Waals surface area contributed by atoms with Gasteiger partial charge in [-0.1, -0.05) is 36.4 Å². The summed E-state index contributed by atoms with van der Waals surface area (Å²) in [5.74, 6) is 0.725. The minimum atomic E-state index is -0.0554. The number of hydrogen-bond donors (Lipinski definition) is 0. The van der Waals surface area contributed by atoms with Crippen LogP contribution in [0.4, 0.5) is 0 Å². The van der Waals surface area contributed by atoms with Gasteiger partial charge < -0.3 is 9.64 Å². The van der Waals surface area contributed by atoms with E-state index in [1.54, 1.807) is 25.3 Å². The quantitative estimate of drug-likeness (QED) is 0.740. The minimum absolute atomic E-state index is 0.0554. The highest BCUT2D eigenvalue weighted by molar-refractivity contribution is 6.05. The summed E-state index contributed by atoms with van der Waals surface area (Å²) in [6.07, 6.45) is 1.71. The van der Waals surface area contributed by atoms with E-state index in [1.165, 1.54) is 0 Å². The fourth-order valence-corrected chi connectivity index (χ4v) is 2.64. The zero-order chi connectivity index (χ0) is 16.2. The summed E-state index contributed by atoms with van der Waals surface area (Å²) < 4.78 is 5.35. The highest BCUT2D eigenvalue weighted by Gasteiger charge is 2.16. The third-order valence-electron chi connectivity index (χ3n) is 3.81. The number of amides is 1. The molecule has 3 rings (SSSR count). The van der Waals surface area contributed by atoms with E-state index in [-0.39, 0.29) is 5.91 Å². The second kappa shape index (κ2) is 6.48. The van der Waals surface area contributed by atoms with Crippen molar-refractivity contribution in [3.05, 3.63) is 71.9 Å². The van der Waals surface area contributed by atoms with Crippen LogP contribution >= 0.6 is 0 Å². The van der Waals surface area contributed by atoms with E-state index in [2.05, 4.69) is 4.98 Å². The second-order valence-corrected chi connectivity index (χ2v) is 5.35. The monoisotopic (exact) mass is 306 g/mol. The molecule has 0 atom stereocenters. The molecule has 116 valence electrons. The van der Waals surface area contributed by atoms with Crippen molar-refractivity contribution in [1.29, 1.82) is 0 Å². The lowest BCUT2D eigenvalue weighted by molar-refractivity contribution is 0.0786. The average molecular weight is 306 g/mol. The van der Waals surface area contributed by atoms with Gasteiger partial charge in [0.2, 0.25) is 0 Å². The van der Waals surface area contributed by atoms with Gasteiger partial charge in [-0.05, 0) is 18.2 Å². The fourth-order valence-electron chi connectivity index (χ4n) is 2.64. The van der Waals surface area contributed by atoms with Crippen LogP contribution in [0.3, 0.4) is 0 Å². The maximum atomic E-state index is 12.8. The standard InChI is InChI=1S/C19H18N2O2/c1-21(13-15-7-3-4-11-17(15)23-2)19(22)16-10-5-8-14-9-6-12-20-18(14)16/h3-12H,13H2,1-2H3. The summed E-state index contributed by atoms with van der Waals surface area (Å²) in [7, 11) is 3.42. The number of benzene rings is 2. The van der Waals surface area contributed by atoms with Crippen molar-refractivity contribution in [2.75, 3.05) is 14.2 Å². The van der Waals surface area contributed by atoms with Gasteiger partial charge in [0, 0.05) is 30.7 Å². The van der Waals surface area contributed by atoms with E-state index in [4.69, 9.17) is 4.74 Å². The zero-order valence-corrected chi connectivity index (χ0v) is 13.2. The molecule has 0 radical (unpaired) electrons. The highest BCUT2D eigenvalue weighted by atomic mass is 16.5. The lowest BCUT2D eigenvalue weighted by Gasteiger charge is -2.19. The number of ether oxygens (including phenoxy) is 1. The lowest BCUT2D eigenvalue weighted by Crippen LogP contribution is -2.26. The van der Waals surface area contributed by atoms with Crippen LogP contribution in [0.25, 0.3) is 10.9 Å². The Kier molecular flexibility index (Phi) is 4.24. The SMILES string of the molecule is COc1ccccc1CN(C)C(=O)c1cccc2cccnc12. The van der Waals surface area contributed by atoms with Crippen molar-refractivity contribution in [1.82, 2.24) is 9.88 Å². The molecular formula is C19H18N2O2. The van der Waals surface area contributed by atoms with Gasteiger partial charge in [0.1, 0.15) is 5.75 Å². The number of hydrogen-bond acceptors (Lipinski definition) is 3. The molecule has 3 aromatic rings. The van der Waals surface area contributed by atoms with Gasteiger partial charge in [-0.15, -0.1) is 0 Å². The molecule has 0 unspecified atom stereocenters. The largest absolute Gasteiger partial charge is 0.496 e. The van der Waals surface area contributed by atoms with E-state index >= 15 is 0 Å². The van der Waals surface area contributed by atoms with E-state index < -0.39 is 0 Å². The van der Waals surface area contributed by atoms with E-state index in [1.807, 2.05) is 54.6 Å². The number of nitrogens with zero attached hydrogens (tertiary/aromatic N) is 2. The number of para-hydroxylation sites is 2. The van der Waals surface area contributed by atoms with Crippen molar-refractivity contribution in [3.63, 3.8) is 0 Å². The first-order chi connectivity index (χ1) is 11.2. The molecule has 1 heterocycles. The molecule has 0 saturated heterocycles. The van der Waals surface area contributed by atoms with Crippen LogP contribution in [0.2, 0.25) is 0 Å². The molecule has 0 aliphatic heterocycles. The van der Waals surface area contributed by atoms with Crippen LogP contribution in [0.15, 0.2) is 60.8 Å². The molecule has 4 nitrogen and oxygen atoms in total. The van der Waals surface area contributed by atoms with Gasteiger partial charge in [0.25, 0.3) is 5.91 Å². The summed E-state index contributed by atoms with van der Waals surface area (Å²) in [6.45, 7) is 0.478. The van der Waals surface area contributed by atoms with E-state index in [0.29, 0.717) is 12.1 Å². The molecule has 23 heavy (non-hydrogen) atoms. The molecular weight excluding hydrogens is 288 g/mol. The van der Waals surface area contributed by atoms with Gasteiger partial charge in [0.05, 0.1) is 18.2 Å². The molecule has 0 aliphatic carbocycles. The summed E-state index contributed by atoms with van der Waals surface area (Å²) in [6, 6.07) is 17.2. The number of aromatic nitrogens is 1. The molecule has 0 fully saturated rings. The van der Waals surface area contributed by atoms with Crippen LogP contribution in [-0.2, 0) is 6.54 Å². The first kappa shape index (κ1) is 15.0. The Morgan fingerprint density at radius 2 is 1.87 bits per heavy atom. The van der Waals surface area contributed by atoms with Gasteiger partial charge in [0.15, 0.2) is 0 Å². The van der Waals surface area contributed by atoms with Crippen LogP contribution in [0.1, 0.15) is 15.9 Å². The van der Waals surface area contributed by atoms with Gasteiger partial charge >= 0.3 is 0 Å². The maximum absolute atomic E-state index is 12.8. The Morgan fingerprint density at radius 1 is 1.09 bits per heavy atom. The molecule has 1 amide bonds. The molecule has 2 aromatic carbocycles. The Bertz CT molecular complexity index is 840. The van der Waals surface area contributed by atoms with Crippen LogP contribution in [0, 0.1) is 0 Å². The number of methoxy groups -OCH3 is 1. The molecule has 0 bridgehead atoms. The molecule has 0 N–H and O–H groups in total. The Hall–Kier alpha value is -2.88. The smallest absolute Gasteiger partial charge is 0.256 e. The zero-order valence-electron chi connectivity index (χ0n) is 13.2. The predicted octanol–water partition coefficient (Wildman–Crippen LogP) is 3.52. The maximum Gasteiger partial charge on any atom is 0.256 e. The average Bonchev–Trinajstić information content (AvgIpc) is 2.61. The summed E-state index contributed by atoms with van der Waals surface area (Å²) in [5, 5.41) is 0.962.